The molecule has 1 rings (SSSR count). The average Bonchev–Trinajstić information content (AvgIpc) is 2.62. The van der Waals surface area contributed by atoms with Crippen molar-refractivity contribution in [3.8, 4) is 0 Å². The molecule has 0 aromatic carbocycles. The number of esters is 1. The van der Waals surface area contributed by atoms with Crippen LogP contribution in [0.15, 0.2) is 0 Å². The van der Waals surface area contributed by atoms with Gasteiger partial charge in [0.2, 0.25) is 11.8 Å². The summed E-state index contributed by atoms with van der Waals surface area (Å²) in [6, 6.07) is -0.507. The van der Waals surface area contributed by atoms with Gasteiger partial charge in [0.25, 0.3) is 0 Å². The Labute approximate surface area is 87.4 Å². The fourth-order valence-electron chi connectivity index (χ4n) is 1.31. The van der Waals surface area contributed by atoms with E-state index < -0.39 is 12.0 Å². The summed E-state index contributed by atoms with van der Waals surface area (Å²) in [7, 11) is 0. The van der Waals surface area contributed by atoms with Crippen LogP contribution < -0.4 is 10.6 Å². The lowest BCUT2D eigenvalue weighted by molar-refractivity contribution is -0.143. The maximum Gasteiger partial charge on any atom is 0.325 e. The molecule has 6 nitrogen and oxygen atoms in total. The van der Waals surface area contributed by atoms with E-state index in [1.54, 1.807) is 6.92 Å². The summed E-state index contributed by atoms with van der Waals surface area (Å²) in [6.07, 6.45) is 0.838. The molecule has 2 amide bonds. The summed E-state index contributed by atoms with van der Waals surface area (Å²) in [5.74, 6) is -0.949. The van der Waals surface area contributed by atoms with Gasteiger partial charge in [-0.05, 0) is 13.3 Å². The molecule has 0 aliphatic carbocycles. The Morgan fingerprint density at radius 1 is 1.60 bits per heavy atom. The molecule has 1 saturated heterocycles. The number of hydrogen-bond donors (Lipinski definition) is 2. The van der Waals surface area contributed by atoms with E-state index in [0.717, 1.165) is 0 Å². The minimum absolute atomic E-state index is 0.133. The average molecular weight is 214 g/mol. The van der Waals surface area contributed by atoms with Crippen LogP contribution in [0.2, 0.25) is 0 Å². The van der Waals surface area contributed by atoms with E-state index in [0.29, 0.717) is 12.8 Å². The Kier molecular flexibility index (Phi) is 4.08. The second kappa shape index (κ2) is 5.33. The SMILES string of the molecule is CCOC(=O)CNC(=O)[C@@H]1CCC(=O)N1. The zero-order valence-electron chi connectivity index (χ0n) is 8.54. The van der Waals surface area contributed by atoms with E-state index in [1.807, 2.05) is 0 Å². The van der Waals surface area contributed by atoms with Gasteiger partial charge in [0, 0.05) is 6.42 Å². The van der Waals surface area contributed by atoms with Crippen molar-refractivity contribution in [1.29, 1.82) is 0 Å². The molecular weight excluding hydrogens is 200 g/mol. The molecule has 0 spiro atoms. The van der Waals surface area contributed by atoms with Crippen LogP contribution in [0.25, 0.3) is 0 Å². The summed E-state index contributed by atoms with van der Waals surface area (Å²) < 4.78 is 4.64. The molecule has 1 aliphatic heterocycles. The Hall–Kier alpha value is -1.59. The third kappa shape index (κ3) is 3.57. The van der Waals surface area contributed by atoms with Gasteiger partial charge in [0.15, 0.2) is 0 Å². The highest BCUT2D eigenvalue weighted by Gasteiger charge is 2.27. The lowest BCUT2D eigenvalue weighted by Crippen LogP contribution is -2.43. The van der Waals surface area contributed by atoms with Crippen LogP contribution in [0.3, 0.4) is 0 Å². The standard InChI is InChI=1S/C9H14N2O4/c1-2-15-8(13)5-10-9(14)6-3-4-7(12)11-6/h6H,2-5H2,1H3,(H,10,14)(H,11,12)/t6-/m0/s1. The Morgan fingerprint density at radius 3 is 2.87 bits per heavy atom. The second-order valence-corrected chi connectivity index (χ2v) is 3.18. The highest BCUT2D eigenvalue weighted by Crippen LogP contribution is 2.05. The predicted molar refractivity (Wildman–Crippen MR) is 50.8 cm³/mol. The highest BCUT2D eigenvalue weighted by molar-refractivity contribution is 5.92. The first-order valence-corrected chi connectivity index (χ1v) is 4.86. The van der Waals surface area contributed by atoms with Gasteiger partial charge in [0.05, 0.1) is 6.61 Å². The molecular formula is C9H14N2O4. The van der Waals surface area contributed by atoms with Gasteiger partial charge < -0.3 is 15.4 Å². The van der Waals surface area contributed by atoms with Crippen LogP contribution in [0.4, 0.5) is 0 Å². The van der Waals surface area contributed by atoms with E-state index in [-0.39, 0.29) is 25.0 Å². The lowest BCUT2D eigenvalue weighted by atomic mass is 10.2. The van der Waals surface area contributed by atoms with Gasteiger partial charge in [-0.1, -0.05) is 0 Å². The number of rotatable bonds is 4. The number of ether oxygens (including phenoxy) is 1. The summed E-state index contributed by atoms with van der Waals surface area (Å²) >= 11 is 0. The molecule has 0 aromatic heterocycles. The third-order valence-electron chi connectivity index (χ3n) is 2.02. The number of carbonyl (C=O) groups is 3. The van der Waals surface area contributed by atoms with Gasteiger partial charge in [0.1, 0.15) is 12.6 Å². The van der Waals surface area contributed by atoms with Crippen molar-refractivity contribution in [3.63, 3.8) is 0 Å². The van der Waals surface area contributed by atoms with Crippen LogP contribution in [0.5, 0.6) is 0 Å². The summed E-state index contributed by atoms with van der Waals surface area (Å²) in [6.45, 7) is 1.82. The van der Waals surface area contributed by atoms with Gasteiger partial charge in [-0.15, -0.1) is 0 Å². The largest absolute Gasteiger partial charge is 0.465 e. The van der Waals surface area contributed by atoms with Crippen molar-refractivity contribution >= 4 is 17.8 Å². The molecule has 15 heavy (non-hydrogen) atoms. The van der Waals surface area contributed by atoms with Crippen molar-refractivity contribution < 1.29 is 19.1 Å². The van der Waals surface area contributed by atoms with Gasteiger partial charge in [-0.3, -0.25) is 14.4 Å². The molecule has 0 unspecified atom stereocenters. The van der Waals surface area contributed by atoms with E-state index in [4.69, 9.17) is 0 Å². The van der Waals surface area contributed by atoms with E-state index in [9.17, 15) is 14.4 Å². The highest BCUT2D eigenvalue weighted by atomic mass is 16.5. The molecule has 0 saturated carbocycles. The Balaban J connectivity index is 2.24. The lowest BCUT2D eigenvalue weighted by Gasteiger charge is -2.09. The van der Waals surface area contributed by atoms with E-state index in [1.165, 1.54) is 0 Å². The summed E-state index contributed by atoms with van der Waals surface area (Å²) in [5.41, 5.74) is 0. The first kappa shape index (κ1) is 11.5. The van der Waals surface area contributed by atoms with E-state index in [2.05, 4.69) is 15.4 Å². The molecule has 1 atom stereocenters. The Morgan fingerprint density at radius 2 is 2.33 bits per heavy atom. The van der Waals surface area contributed by atoms with Crippen molar-refractivity contribution in [2.24, 2.45) is 0 Å². The minimum Gasteiger partial charge on any atom is -0.465 e. The molecule has 1 fully saturated rings. The zero-order valence-corrected chi connectivity index (χ0v) is 8.54. The van der Waals surface area contributed by atoms with Gasteiger partial charge in [-0.25, -0.2) is 0 Å². The van der Waals surface area contributed by atoms with Crippen LogP contribution in [0, 0.1) is 0 Å². The van der Waals surface area contributed by atoms with Gasteiger partial charge >= 0.3 is 5.97 Å². The van der Waals surface area contributed by atoms with Gasteiger partial charge in [-0.2, -0.15) is 0 Å². The van der Waals surface area contributed by atoms with Crippen molar-refractivity contribution in [1.82, 2.24) is 10.6 Å². The smallest absolute Gasteiger partial charge is 0.325 e. The first-order chi connectivity index (χ1) is 7.13. The summed E-state index contributed by atoms with van der Waals surface area (Å²) in [4.78, 5) is 33.1. The third-order valence-corrected chi connectivity index (χ3v) is 2.02. The molecule has 6 heteroatoms. The topological polar surface area (TPSA) is 84.5 Å². The second-order valence-electron chi connectivity index (χ2n) is 3.18. The monoisotopic (exact) mass is 214 g/mol. The summed E-state index contributed by atoms with van der Waals surface area (Å²) in [5, 5.41) is 4.91. The van der Waals surface area contributed by atoms with Crippen LogP contribution in [-0.4, -0.2) is 37.0 Å². The van der Waals surface area contributed by atoms with Crippen molar-refractivity contribution in [3.05, 3.63) is 0 Å². The minimum atomic E-state index is -0.507. The predicted octanol–water partition coefficient (Wildman–Crippen LogP) is -1.06. The molecule has 0 radical (unpaired) electrons. The van der Waals surface area contributed by atoms with E-state index >= 15 is 0 Å². The molecule has 84 valence electrons. The fraction of sp³-hybridized carbons (Fsp3) is 0.667. The van der Waals surface area contributed by atoms with Crippen molar-refractivity contribution in [2.75, 3.05) is 13.2 Å². The molecule has 0 aromatic rings. The molecule has 2 N–H and O–H groups in total. The number of amides is 2. The van der Waals surface area contributed by atoms with Crippen LogP contribution in [-0.2, 0) is 19.1 Å². The first-order valence-electron chi connectivity index (χ1n) is 4.86. The number of hydrogen-bond acceptors (Lipinski definition) is 4. The quantitative estimate of drug-likeness (QED) is 0.584. The van der Waals surface area contributed by atoms with Crippen LogP contribution >= 0.6 is 0 Å². The zero-order chi connectivity index (χ0) is 11.3. The Bertz CT molecular complexity index is 277. The molecule has 0 bridgehead atoms. The van der Waals surface area contributed by atoms with Crippen molar-refractivity contribution in [2.45, 2.75) is 25.8 Å². The number of carbonyl (C=O) groups excluding carboxylic acids is 3. The maximum absolute atomic E-state index is 11.4. The van der Waals surface area contributed by atoms with Crippen LogP contribution in [0.1, 0.15) is 19.8 Å². The normalized spacial score (nSPS) is 19.5. The number of nitrogens with one attached hydrogen (secondary N) is 2. The maximum atomic E-state index is 11.4. The molecule has 1 aliphatic rings. The molecule has 1 heterocycles. The fourth-order valence-corrected chi connectivity index (χ4v) is 1.31.